The minimum Gasteiger partial charge on any atom is -0.316 e. The molecule has 0 radical (unpaired) electrons. The van der Waals surface area contributed by atoms with Gasteiger partial charge >= 0.3 is 0 Å². The summed E-state index contributed by atoms with van der Waals surface area (Å²) < 4.78 is 27.2. The summed E-state index contributed by atoms with van der Waals surface area (Å²) >= 11 is 0. The topological polar surface area (TPSA) is 12.0 Å². The Bertz CT molecular complexity index is 596. The van der Waals surface area contributed by atoms with Gasteiger partial charge in [0.1, 0.15) is 11.6 Å². The molecule has 1 unspecified atom stereocenters. The van der Waals surface area contributed by atoms with E-state index in [4.69, 9.17) is 0 Å². The van der Waals surface area contributed by atoms with Gasteiger partial charge in [-0.2, -0.15) is 0 Å². The number of rotatable bonds is 6. The first kappa shape index (κ1) is 15.6. The van der Waals surface area contributed by atoms with Crippen LogP contribution in [-0.2, 0) is 6.42 Å². The van der Waals surface area contributed by atoms with Crippen LogP contribution in [0.5, 0.6) is 0 Å². The number of nitrogens with one attached hydrogen (secondary N) is 1. The van der Waals surface area contributed by atoms with Gasteiger partial charge < -0.3 is 5.32 Å². The molecule has 0 aliphatic rings. The van der Waals surface area contributed by atoms with Crippen LogP contribution in [0.15, 0.2) is 42.5 Å². The van der Waals surface area contributed by atoms with Gasteiger partial charge in [-0.15, -0.1) is 0 Å². The normalized spacial score (nSPS) is 12.4. The van der Waals surface area contributed by atoms with E-state index in [9.17, 15) is 8.78 Å². The monoisotopic (exact) mass is 289 g/mol. The molecule has 0 aliphatic carbocycles. The van der Waals surface area contributed by atoms with Crippen molar-refractivity contribution in [3.63, 3.8) is 0 Å². The lowest BCUT2D eigenvalue weighted by Gasteiger charge is -2.20. The van der Waals surface area contributed by atoms with Crippen LogP contribution in [0.3, 0.4) is 0 Å². The molecule has 2 aromatic rings. The highest BCUT2D eigenvalue weighted by atomic mass is 19.1. The Morgan fingerprint density at radius 2 is 1.86 bits per heavy atom. The summed E-state index contributed by atoms with van der Waals surface area (Å²) in [5, 5.41) is 3.31. The fourth-order valence-corrected chi connectivity index (χ4v) is 2.62. The van der Waals surface area contributed by atoms with E-state index in [0.29, 0.717) is 12.0 Å². The minimum absolute atomic E-state index is 0.127. The fourth-order valence-electron chi connectivity index (χ4n) is 2.62. The van der Waals surface area contributed by atoms with Crippen molar-refractivity contribution in [1.29, 1.82) is 0 Å². The van der Waals surface area contributed by atoms with Gasteiger partial charge in [0.25, 0.3) is 0 Å². The molecular formula is C18H21F2N. The first-order valence-electron chi connectivity index (χ1n) is 7.32. The standard InChI is InChI=1S/C18H21F2N/c1-3-21-12-15(17-7-5-4-6-13(17)2)10-14-11-16(19)8-9-18(14)20/h4-9,11,15,21H,3,10,12H2,1-2H3. The number of hydrogen-bond donors (Lipinski definition) is 1. The fraction of sp³-hybridized carbons (Fsp3) is 0.333. The summed E-state index contributed by atoms with van der Waals surface area (Å²) in [4.78, 5) is 0. The maximum absolute atomic E-state index is 13.9. The molecule has 0 heterocycles. The second-order valence-corrected chi connectivity index (χ2v) is 5.30. The van der Waals surface area contributed by atoms with Crippen molar-refractivity contribution in [2.45, 2.75) is 26.2 Å². The van der Waals surface area contributed by atoms with Crippen molar-refractivity contribution < 1.29 is 8.78 Å². The highest BCUT2D eigenvalue weighted by Crippen LogP contribution is 2.25. The molecule has 0 aliphatic heterocycles. The van der Waals surface area contributed by atoms with Gasteiger partial charge in [0.15, 0.2) is 0 Å². The molecule has 2 rings (SSSR count). The molecule has 0 spiro atoms. The van der Waals surface area contributed by atoms with Crippen LogP contribution in [0.4, 0.5) is 8.78 Å². The maximum Gasteiger partial charge on any atom is 0.126 e. The van der Waals surface area contributed by atoms with Crippen molar-refractivity contribution in [1.82, 2.24) is 5.32 Å². The van der Waals surface area contributed by atoms with E-state index in [-0.39, 0.29) is 11.7 Å². The van der Waals surface area contributed by atoms with E-state index < -0.39 is 5.82 Å². The predicted molar refractivity (Wildman–Crippen MR) is 82.5 cm³/mol. The van der Waals surface area contributed by atoms with Gasteiger partial charge in [-0.3, -0.25) is 0 Å². The van der Waals surface area contributed by atoms with E-state index in [1.54, 1.807) is 0 Å². The van der Waals surface area contributed by atoms with Crippen LogP contribution in [0, 0.1) is 18.6 Å². The van der Waals surface area contributed by atoms with Crippen molar-refractivity contribution >= 4 is 0 Å². The van der Waals surface area contributed by atoms with Crippen LogP contribution in [-0.4, -0.2) is 13.1 Å². The highest BCUT2D eigenvalue weighted by molar-refractivity contribution is 5.32. The number of likely N-dealkylation sites (N-methyl/N-ethyl adjacent to an activating group) is 1. The third kappa shape index (κ3) is 4.11. The predicted octanol–water partition coefficient (Wildman–Crippen LogP) is 4.21. The molecule has 1 N–H and O–H groups in total. The molecule has 0 saturated carbocycles. The third-order valence-electron chi connectivity index (χ3n) is 3.74. The van der Waals surface area contributed by atoms with Crippen LogP contribution in [0.2, 0.25) is 0 Å². The molecule has 3 heteroatoms. The number of aryl methyl sites for hydroxylation is 1. The molecule has 2 aromatic carbocycles. The lowest BCUT2D eigenvalue weighted by atomic mass is 9.89. The molecular weight excluding hydrogens is 268 g/mol. The van der Waals surface area contributed by atoms with Crippen LogP contribution < -0.4 is 5.32 Å². The zero-order chi connectivity index (χ0) is 15.2. The Balaban J connectivity index is 2.28. The molecule has 21 heavy (non-hydrogen) atoms. The van der Waals surface area contributed by atoms with E-state index in [1.807, 2.05) is 19.1 Å². The maximum atomic E-state index is 13.9. The molecule has 1 atom stereocenters. The Kier molecular flexibility index (Phi) is 5.45. The number of hydrogen-bond acceptors (Lipinski definition) is 1. The van der Waals surface area contributed by atoms with E-state index in [0.717, 1.165) is 19.2 Å². The number of halogens is 2. The second-order valence-electron chi connectivity index (χ2n) is 5.30. The lowest BCUT2D eigenvalue weighted by molar-refractivity contribution is 0.550. The molecule has 112 valence electrons. The quantitative estimate of drug-likeness (QED) is 0.840. The van der Waals surface area contributed by atoms with Crippen LogP contribution in [0.1, 0.15) is 29.5 Å². The average Bonchev–Trinajstić information content (AvgIpc) is 2.48. The van der Waals surface area contributed by atoms with E-state index >= 15 is 0 Å². The van der Waals surface area contributed by atoms with Crippen LogP contribution >= 0.6 is 0 Å². The zero-order valence-electron chi connectivity index (χ0n) is 12.5. The lowest BCUT2D eigenvalue weighted by Crippen LogP contribution is -2.23. The van der Waals surface area contributed by atoms with E-state index in [2.05, 4.69) is 24.4 Å². The summed E-state index contributed by atoms with van der Waals surface area (Å²) in [7, 11) is 0. The summed E-state index contributed by atoms with van der Waals surface area (Å²) in [6.45, 7) is 5.69. The van der Waals surface area contributed by atoms with Gasteiger partial charge in [-0.25, -0.2) is 8.78 Å². The zero-order valence-corrected chi connectivity index (χ0v) is 12.5. The Hall–Kier alpha value is -1.74. The molecule has 0 bridgehead atoms. The van der Waals surface area contributed by atoms with Crippen molar-refractivity contribution in [3.05, 3.63) is 70.8 Å². The summed E-state index contributed by atoms with van der Waals surface area (Å²) in [5.41, 5.74) is 2.79. The minimum atomic E-state index is -0.390. The first-order chi connectivity index (χ1) is 10.1. The van der Waals surface area contributed by atoms with Gasteiger partial charge in [-0.1, -0.05) is 31.2 Å². The Morgan fingerprint density at radius 1 is 1.10 bits per heavy atom. The summed E-state index contributed by atoms with van der Waals surface area (Å²) in [6.07, 6.45) is 0.488. The Labute approximate surface area is 125 Å². The van der Waals surface area contributed by atoms with Crippen molar-refractivity contribution in [2.24, 2.45) is 0 Å². The van der Waals surface area contributed by atoms with Crippen molar-refractivity contribution in [3.8, 4) is 0 Å². The van der Waals surface area contributed by atoms with Gasteiger partial charge in [0, 0.05) is 12.5 Å². The van der Waals surface area contributed by atoms with E-state index in [1.165, 1.54) is 23.3 Å². The molecule has 1 nitrogen and oxygen atoms in total. The average molecular weight is 289 g/mol. The highest BCUT2D eigenvalue weighted by Gasteiger charge is 2.16. The van der Waals surface area contributed by atoms with Crippen molar-refractivity contribution in [2.75, 3.05) is 13.1 Å². The summed E-state index contributed by atoms with van der Waals surface area (Å²) in [5.74, 6) is -0.604. The molecule has 0 saturated heterocycles. The largest absolute Gasteiger partial charge is 0.316 e. The van der Waals surface area contributed by atoms with Gasteiger partial charge in [0.05, 0.1) is 0 Å². The van der Waals surface area contributed by atoms with Gasteiger partial charge in [-0.05, 0) is 54.8 Å². The van der Waals surface area contributed by atoms with Gasteiger partial charge in [0.2, 0.25) is 0 Å². The number of benzene rings is 2. The van der Waals surface area contributed by atoms with Crippen LogP contribution in [0.25, 0.3) is 0 Å². The first-order valence-corrected chi connectivity index (χ1v) is 7.32. The summed E-state index contributed by atoms with van der Waals surface area (Å²) in [6, 6.07) is 11.8. The smallest absolute Gasteiger partial charge is 0.126 e. The Morgan fingerprint density at radius 3 is 2.57 bits per heavy atom. The molecule has 0 fully saturated rings. The molecule has 0 aromatic heterocycles. The second kappa shape index (κ2) is 7.32. The SMILES string of the molecule is CCNCC(Cc1cc(F)ccc1F)c1ccccc1C. The molecule has 0 amide bonds. The third-order valence-corrected chi connectivity index (χ3v) is 3.74.